The molecule has 6 heteroatoms. The summed E-state index contributed by atoms with van der Waals surface area (Å²) in [4.78, 5) is 28.5. The summed E-state index contributed by atoms with van der Waals surface area (Å²) in [5, 5.41) is 3.16. The number of nitrogens with zero attached hydrogens (tertiary/aromatic N) is 2. The highest BCUT2D eigenvalue weighted by atomic mass is 16.2. The molecule has 0 bridgehead atoms. The number of benzene rings is 2. The summed E-state index contributed by atoms with van der Waals surface area (Å²) in [6.45, 7) is 1.48. The van der Waals surface area contributed by atoms with Crippen LogP contribution in [0.1, 0.15) is 28.8 Å². The van der Waals surface area contributed by atoms with Gasteiger partial charge in [-0.05, 0) is 63.2 Å². The number of primary amides is 1. The van der Waals surface area contributed by atoms with E-state index in [9.17, 15) is 9.59 Å². The molecule has 2 amide bonds. The van der Waals surface area contributed by atoms with E-state index >= 15 is 0 Å². The third-order valence-electron chi connectivity index (χ3n) is 5.60. The highest BCUT2D eigenvalue weighted by molar-refractivity contribution is 5.92. The van der Waals surface area contributed by atoms with Gasteiger partial charge in [-0.2, -0.15) is 0 Å². The Morgan fingerprint density at radius 1 is 1.14 bits per heavy atom. The number of carbonyl (C=O) groups is 2. The molecule has 1 heterocycles. The number of anilines is 1. The fourth-order valence-electron chi connectivity index (χ4n) is 3.82. The van der Waals surface area contributed by atoms with Gasteiger partial charge in [-0.25, -0.2) is 0 Å². The third kappa shape index (κ3) is 5.35. The molecular weight excluding hydrogens is 364 g/mol. The summed E-state index contributed by atoms with van der Waals surface area (Å²) in [6, 6.07) is 17.5. The van der Waals surface area contributed by atoms with Crippen LogP contribution in [0.15, 0.2) is 54.6 Å². The van der Waals surface area contributed by atoms with Crippen molar-refractivity contribution < 1.29 is 9.59 Å². The lowest BCUT2D eigenvalue weighted by atomic mass is 10.0. The second-order valence-electron chi connectivity index (χ2n) is 7.81. The molecule has 6 nitrogen and oxygen atoms in total. The van der Waals surface area contributed by atoms with E-state index in [1.54, 1.807) is 12.1 Å². The van der Waals surface area contributed by atoms with E-state index in [4.69, 9.17) is 5.73 Å². The molecule has 0 spiro atoms. The SMILES string of the molecule is CN(C)C(CNC(=O)[C@H]1CCCN1c1ccccc1)Cc1ccc(C(N)=O)cc1. The Bertz CT molecular complexity index is 821. The molecule has 2 atom stereocenters. The molecule has 3 N–H and O–H groups in total. The van der Waals surface area contributed by atoms with Crippen molar-refractivity contribution in [1.82, 2.24) is 10.2 Å². The van der Waals surface area contributed by atoms with Crippen LogP contribution in [0.3, 0.4) is 0 Å². The van der Waals surface area contributed by atoms with E-state index in [2.05, 4.69) is 27.2 Å². The van der Waals surface area contributed by atoms with E-state index in [0.29, 0.717) is 12.1 Å². The number of likely N-dealkylation sites (N-methyl/N-ethyl adjacent to an activating group) is 1. The first-order chi connectivity index (χ1) is 14.0. The molecule has 29 heavy (non-hydrogen) atoms. The summed E-state index contributed by atoms with van der Waals surface area (Å²) < 4.78 is 0. The zero-order chi connectivity index (χ0) is 20.8. The van der Waals surface area contributed by atoms with E-state index in [1.807, 2.05) is 44.4 Å². The number of hydrogen-bond donors (Lipinski definition) is 2. The smallest absolute Gasteiger partial charge is 0.248 e. The predicted molar refractivity (Wildman–Crippen MR) is 116 cm³/mol. The summed E-state index contributed by atoms with van der Waals surface area (Å²) in [6.07, 6.45) is 2.68. The van der Waals surface area contributed by atoms with Gasteiger partial charge in [-0.15, -0.1) is 0 Å². The maximum absolute atomic E-state index is 12.9. The number of nitrogens with two attached hydrogens (primary N) is 1. The Balaban J connectivity index is 1.59. The fourth-order valence-corrected chi connectivity index (χ4v) is 3.82. The number of para-hydroxylation sites is 1. The number of carbonyl (C=O) groups excluding carboxylic acids is 2. The molecule has 0 radical (unpaired) electrons. The Labute approximate surface area is 172 Å². The minimum Gasteiger partial charge on any atom is -0.366 e. The fraction of sp³-hybridized carbons (Fsp3) is 0.391. The lowest BCUT2D eigenvalue weighted by Gasteiger charge is -2.28. The van der Waals surface area contributed by atoms with Crippen LogP contribution in [0.5, 0.6) is 0 Å². The van der Waals surface area contributed by atoms with Gasteiger partial charge in [0.2, 0.25) is 11.8 Å². The van der Waals surface area contributed by atoms with Crippen molar-refractivity contribution in [3.05, 3.63) is 65.7 Å². The number of nitrogens with one attached hydrogen (secondary N) is 1. The zero-order valence-corrected chi connectivity index (χ0v) is 17.2. The number of rotatable bonds is 8. The molecule has 1 fully saturated rings. The van der Waals surface area contributed by atoms with Gasteiger partial charge >= 0.3 is 0 Å². The van der Waals surface area contributed by atoms with Crippen LogP contribution in [0.2, 0.25) is 0 Å². The zero-order valence-electron chi connectivity index (χ0n) is 17.2. The third-order valence-corrected chi connectivity index (χ3v) is 5.60. The number of hydrogen-bond acceptors (Lipinski definition) is 4. The molecule has 0 aliphatic carbocycles. The Hall–Kier alpha value is -2.86. The first-order valence-electron chi connectivity index (χ1n) is 10.1. The molecule has 0 aromatic heterocycles. The van der Waals surface area contributed by atoms with Gasteiger partial charge in [-0.1, -0.05) is 30.3 Å². The van der Waals surface area contributed by atoms with Crippen molar-refractivity contribution in [3.63, 3.8) is 0 Å². The van der Waals surface area contributed by atoms with Crippen LogP contribution in [0.4, 0.5) is 5.69 Å². The van der Waals surface area contributed by atoms with Crippen LogP contribution in [-0.4, -0.2) is 56.0 Å². The van der Waals surface area contributed by atoms with Gasteiger partial charge in [0.25, 0.3) is 0 Å². The average molecular weight is 395 g/mol. The van der Waals surface area contributed by atoms with E-state index in [1.165, 1.54) is 0 Å². The largest absolute Gasteiger partial charge is 0.366 e. The minimum atomic E-state index is -0.424. The molecule has 0 saturated carbocycles. The van der Waals surface area contributed by atoms with Crippen LogP contribution in [0.25, 0.3) is 0 Å². The van der Waals surface area contributed by atoms with Crippen LogP contribution in [-0.2, 0) is 11.2 Å². The van der Waals surface area contributed by atoms with Crippen molar-refractivity contribution in [2.24, 2.45) is 5.73 Å². The lowest BCUT2D eigenvalue weighted by molar-refractivity contribution is -0.122. The lowest BCUT2D eigenvalue weighted by Crippen LogP contribution is -2.48. The normalized spacial score (nSPS) is 17.3. The monoisotopic (exact) mass is 394 g/mol. The minimum absolute atomic E-state index is 0.0854. The number of amides is 2. The molecule has 1 unspecified atom stereocenters. The summed E-state index contributed by atoms with van der Waals surface area (Å²) in [5.74, 6) is -0.338. The molecular formula is C23H30N4O2. The second-order valence-corrected chi connectivity index (χ2v) is 7.81. The van der Waals surface area contributed by atoms with Crippen molar-refractivity contribution >= 4 is 17.5 Å². The standard InChI is InChI=1S/C23H30N4O2/c1-26(2)20(15-17-10-12-18(13-11-17)22(24)28)16-25-23(29)21-9-6-14-27(21)19-7-4-3-5-8-19/h3-5,7-8,10-13,20-21H,6,9,14-16H2,1-2H3,(H2,24,28)(H,25,29)/t20?,21-/m1/s1. The van der Waals surface area contributed by atoms with Crippen molar-refractivity contribution in [2.75, 3.05) is 32.1 Å². The maximum Gasteiger partial charge on any atom is 0.248 e. The molecule has 3 rings (SSSR count). The second kappa shape index (κ2) is 9.56. The molecule has 1 aliphatic rings. The van der Waals surface area contributed by atoms with Gasteiger partial charge < -0.3 is 20.9 Å². The Kier molecular flexibility index (Phi) is 6.88. The van der Waals surface area contributed by atoms with Gasteiger partial charge in [0.05, 0.1) is 0 Å². The maximum atomic E-state index is 12.9. The average Bonchev–Trinajstić information content (AvgIpc) is 3.21. The van der Waals surface area contributed by atoms with Crippen molar-refractivity contribution in [2.45, 2.75) is 31.3 Å². The molecule has 1 saturated heterocycles. The van der Waals surface area contributed by atoms with Gasteiger partial charge in [0.1, 0.15) is 6.04 Å². The van der Waals surface area contributed by atoms with Crippen molar-refractivity contribution in [1.29, 1.82) is 0 Å². The van der Waals surface area contributed by atoms with E-state index in [-0.39, 0.29) is 18.0 Å². The first kappa shape index (κ1) is 20.9. The molecule has 2 aromatic carbocycles. The Morgan fingerprint density at radius 2 is 1.83 bits per heavy atom. The van der Waals surface area contributed by atoms with Crippen molar-refractivity contribution in [3.8, 4) is 0 Å². The molecule has 2 aromatic rings. The van der Waals surface area contributed by atoms with Gasteiger partial charge in [-0.3, -0.25) is 9.59 Å². The summed E-state index contributed by atoms with van der Waals surface area (Å²) in [7, 11) is 4.03. The molecule has 154 valence electrons. The van der Waals surface area contributed by atoms with Crippen LogP contribution in [0, 0.1) is 0 Å². The predicted octanol–water partition coefficient (Wildman–Crippen LogP) is 2.04. The quantitative estimate of drug-likeness (QED) is 0.718. The first-order valence-corrected chi connectivity index (χ1v) is 10.1. The van der Waals surface area contributed by atoms with Crippen LogP contribution >= 0.6 is 0 Å². The highest BCUT2D eigenvalue weighted by Crippen LogP contribution is 2.25. The Morgan fingerprint density at radius 3 is 2.45 bits per heavy atom. The van der Waals surface area contributed by atoms with Gasteiger partial charge in [0.15, 0.2) is 0 Å². The topological polar surface area (TPSA) is 78.7 Å². The molecule has 1 aliphatic heterocycles. The van der Waals surface area contributed by atoms with E-state index < -0.39 is 5.91 Å². The van der Waals surface area contributed by atoms with Gasteiger partial charge in [0, 0.05) is 30.4 Å². The summed E-state index contributed by atoms with van der Waals surface area (Å²) >= 11 is 0. The summed E-state index contributed by atoms with van der Waals surface area (Å²) in [5.41, 5.74) is 8.02. The highest BCUT2D eigenvalue weighted by Gasteiger charge is 2.31. The van der Waals surface area contributed by atoms with E-state index in [0.717, 1.165) is 37.1 Å². The van der Waals surface area contributed by atoms with Crippen LogP contribution < -0.4 is 16.0 Å².